The Kier molecular flexibility index (Phi) is 5.29. The van der Waals surface area contributed by atoms with Gasteiger partial charge in [0.25, 0.3) is 0 Å². The number of nitrogens with zero attached hydrogens (tertiary/aromatic N) is 3. The van der Waals surface area contributed by atoms with Crippen LogP contribution in [0.3, 0.4) is 0 Å². The summed E-state index contributed by atoms with van der Waals surface area (Å²) in [6.45, 7) is 5.95. The van der Waals surface area contributed by atoms with Gasteiger partial charge in [-0.15, -0.1) is 5.10 Å². The van der Waals surface area contributed by atoms with Crippen molar-refractivity contribution in [3.63, 3.8) is 0 Å². The van der Waals surface area contributed by atoms with Gasteiger partial charge in [0, 0.05) is 11.8 Å². The Morgan fingerprint density at radius 3 is 2.81 bits per heavy atom. The lowest BCUT2D eigenvalue weighted by molar-refractivity contribution is 0.522. The summed E-state index contributed by atoms with van der Waals surface area (Å²) < 4.78 is 0. The molecule has 1 heterocycles. The Morgan fingerprint density at radius 2 is 2.31 bits per heavy atom. The van der Waals surface area contributed by atoms with Crippen molar-refractivity contribution in [3.8, 4) is 6.07 Å². The fourth-order valence-corrected chi connectivity index (χ4v) is 2.09. The number of H-pyrrole nitrogens is 1. The molecule has 0 aromatic carbocycles. The molecule has 5 nitrogen and oxygen atoms in total. The highest BCUT2D eigenvalue weighted by molar-refractivity contribution is 7.99. The smallest absolute Gasteiger partial charge is 0.208 e. The van der Waals surface area contributed by atoms with Crippen molar-refractivity contribution in [2.75, 3.05) is 5.75 Å². The first kappa shape index (κ1) is 13.0. The van der Waals surface area contributed by atoms with Crippen LogP contribution < -0.4 is 5.32 Å². The van der Waals surface area contributed by atoms with Crippen molar-refractivity contribution in [1.29, 1.82) is 5.26 Å². The van der Waals surface area contributed by atoms with E-state index < -0.39 is 0 Å². The first-order chi connectivity index (χ1) is 7.61. The molecule has 1 rings (SSSR count). The summed E-state index contributed by atoms with van der Waals surface area (Å²) in [5, 5.41) is 19.7. The largest absolute Gasteiger partial charge is 0.300 e. The average molecular weight is 239 g/mol. The zero-order valence-corrected chi connectivity index (χ0v) is 10.6. The van der Waals surface area contributed by atoms with Gasteiger partial charge in [0.2, 0.25) is 5.16 Å². The molecule has 0 aliphatic carbocycles. The second-order valence-corrected chi connectivity index (χ2v) is 4.91. The van der Waals surface area contributed by atoms with E-state index in [1.54, 1.807) is 11.8 Å². The van der Waals surface area contributed by atoms with Gasteiger partial charge < -0.3 is 0 Å². The topological polar surface area (TPSA) is 77.4 Å². The summed E-state index contributed by atoms with van der Waals surface area (Å²) in [6, 6.07) is 2.50. The number of aromatic nitrogens is 3. The van der Waals surface area contributed by atoms with E-state index in [0.717, 1.165) is 23.2 Å². The predicted octanol–water partition coefficient (Wildman–Crippen LogP) is 1.49. The van der Waals surface area contributed by atoms with E-state index in [2.05, 4.69) is 26.6 Å². The molecule has 6 heteroatoms. The maximum Gasteiger partial charge on any atom is 0.208 e. The normalized spacial score (nSPS) is 12.7. The summed E-state index contributed by atoms with van der Waals surface area (Å²) in [7, 11) is 0. The number of aromatic amines is 1. The third kappa shape index (κ3) is 4.64. The van der Waals surface area contributed by atoms with Crippen LogP contribution in [0, 0.1) is 18.3 Å². The zero-order valence-electron chi connectivity index (χ0n) is 9.82. The Balaban J connectivity index is 2.26. The Bertz CT molecular complexity index is 354. The molecule has 0 bridgehead atoms. The molecule has 0 aliphatic rings. The summed E-state index contributed by atoms with van der Waals surface area (Å²) >= 11 is 1.57. The van der Waals surface area contributed by atoms with Gasteiger partial charge in [0.05, 0.1) is 12.1 Å². The van der Waals surface area contributed by atoms with E-state index in [1.165, 1.54) is 0 Å². The minimum atomic E-state index is -0.0902. The molecule has 1 atom stereocenters. The van der Waals surface area contributed by atoms with Crippen molar-refractivity contribution in [2.45, 2.75) is 44.4 Å². The minimum absolute atomic E-state index is 0.0902. The molecule has 0 aliphatic heterocycles. The molecule has 1 unspecified atom stereocenters. The zero-order chi connectivity index (χ0) is 12.0. The van der Waals surface area contributed by atoms with E-state index in [-0.39, 0.29) is 6.04 Å². The fourth-order valence-electron chi connectivity index (χ4n) is 1.24. The summed E-state index contributed by atoms with van der Waals surface area (Å²) in [5.41, 5.74) is 0. The summed E-state index contributed by atoms with van der Waals surface area (Å²) in [5.74, 6) is 1.66. The molecular weight excluding hydrogens is 222 g/mol. The van der Waals surface area contributed by atoms with Crippen LogP contribution in [0.15, 0.2) is 5.16 Å². The molecule has 88 valence electrons. The Labute approximate surface area is 100 Å². The maximum atomic E-state index is 8.92. The van der Waals surface area contributed by atoms with Crippen LogP contribution in [0.1, 0.15) is 26.1 Å². The van der Waals surface area contributed by atoms with Crippen LogP contribution in [-0.2, 0) is 0 Å². The number of thioether (sulfide) groups is 1. The van der Waals surface area contributed by atoms with Gasteiger partial charge in [-0.25, -0.2) is 4.98 Å². The van der Waals surface area contributed by atoms with Crippen molar-refractivity contribution < 1.29 is 0 Å². The van der Waals surface area contributed by atoms with Crippen LogP contribution in [0.2, 0.25) is 0 Å². The number of aryl methyl sites for hydroxylation is 1. The first-order valence-electron chi connectivity index (χ1n) is 5.29. The van der Waals surface area contributed by atoms with Crippen molar-refractivity contribution in [1.82, 2.24) is 20.5 Å². The van der Waals surface area contributed by atoms with Crippen LogP contribution >= 0.6 is 11.8 Å². The van der Waals surface area contributed by atoms with Crippen LogP contribution in [0.25, 0.3) is 0 Å². The van der Waals surface area contributed by atoms with Gasteiger partial charge in [-0.2, -0.15) is 5.26 Å². The Morgan fingerprint density at radius 1 is 1.56 bits per heavy atom. The lowest BCUT2D eigenvalue weighted by atomic mass is 10.2. The Hall–Kier alpha value is -1.06. The molecule has 0 fully saturated rings. The number of rotatable bonds is 6. The third-order valence-corrected chi connectivity index (χ3v) is 2.79. The van der Waals surface area contributed by atoms with E-state index >= 15 is 0 Å². The standard InChI is InChI=1S/C10H17N5S/c1-7(2)12-9(6-11)4-5-16-10-13-8(3)14-15-10/h7,9,12H,4-5H2,1-3H3,(H,13,14,15). The van der Waals surface area contributed by atoms with E-state index in [9.17, 15) is 0 Å². The number of nitriles is 1. The van der Waals surface area contributed by atoms with Gasteiger partial charge in [0.15, 0.2) is 0 Å². The first-order valence-corrected chi connectivity index (χ1v) is 6.28. The molecule has 0 saturated carbocycles. The molecule has 1 aromatic rings. The van der Waals surface area contributed by atoms with Gasteiger partial charge in [-0.05, 0) is 27.2 Å². The quantitative estimate of drug-likeness (QED) is 0.735. The van der Waals surface area contributed by atoms with Gasteiger partial charge in [0.1, 0.15) is 5.82 Å². The molecule has 0 radical (unpaired) electrons. The highest BCUT2D eigenvalue weighted by Crippen LogP contribution is 2.14. The van der Waals surface area contributed by atoms with E-state index in [4.69, 9.17) is 5.26 Å². The monoisotopic (exact) mass is 239 g/mol. The highest BCUT2D eigenvalue weighted by atomic mass is 32.2. The molecule has 0 saturated heterocycles. The second-order valence-electron chi connectivity index (χ2n) is 3.84. The fraction of sp³-hybridized carbons (Fsp3) is 0.700. The van der Waals surface area contributed by atoms with Crippen LogP contribution in [-0.4, -0.2) is 33.0 Å². The van der Waals surface area contributed by atoms with Crippen molar-refractivity contribution in [2.24, 2.45) is 0 Å². The molecule has 2 N–H and O–H groups in total. The second kappa shape index (κ2) is 6.51. The molecule has 0 amide bonds. The van der Waals surface area contributed by atoms with Gasteiger partial charge in [-0.3, -0.25) is 10.4 Å². The summed E-state index contributed by atoms with van der Waals surface area (Å²) in [6.07, 6.45) is 0.799. The highest BCUT2D eigenvalue weighted by Gasteiger charge is 2.09. The minimum Gasteiger partial charge on any atom is -0.300 e. The van der Waals surface area contributed by atoms with Crippen LogP contribution in [0.4, 0.5) is 0 Å². The molecule has 16 heavy (non-hydrogen) atoms. The third-order valence-electron chi connectivity index (χ3n) is 1.90. The van der Waals surface area contributed by atoms with E-state index in [0.29, 0.717) is 6.04 Å². The maximum absolute atomic E-state index is 8.92. The lowest BCUT2D eigenvalue weighted by Crippen LogP contribution is -2.33. The predicted molar refractivity (Wildman–Crippen MR) is 64.1 cm³/mol. The molecule has 0 spiro atoms. The van der Waals surface area contributed by atoms with Gasteiger partial charge >= 0.3 is 0 Å². The van der Waals surface area contributed by atoms with Crippen molar-refractivity contribution >= 4 is 11.8 Å². The summed E-state index contributed by atoms with van der Waals surface area (Å²) in [4.78, 5) is 4.19. The van der Waals surface area contributed by atoms with Gasteiger partial charge in [-0.1, -0.05) is 11.8 Å². The lowest BCUT2D eigenvalue weighted by Gasteiger charge is -2.13. The average Bonchev–Trinajstić information content (AvgIpc) is 2.62. The SMILES string of the molecule is Cc1nc(SCCC(C#N)NC(C)C)n[nH]1. The molecular formula is C10H17N5S. The van der Waals surface area contributed by atoms with E-state index in [1.807, 2.05) is 20.8 Å². The number of hydrogen-bond donors (Lipinski definition) is 2. The number of hydrogen-bond acceptors (Lipinski definition) is 5. The molecule has 1 aromatic heterocycles. The van der Waals surface area contributed by atoms with Crippen molar-refractivity contribution in [3.05, 3.63) is 5.82 Å². The van der Waals surface area contributed by atoms with Crippen LogP contribution in [0.5, 0.6) is 0 Å². The number of nitrogens with one attached hydrogen (secondary N) is 2.